The molecule has 0 spiro atoms. The molecule has 0 bridgehead atoms. The van der Waals surface area contributed by atoms with Gasteiger partial charge in [-0.1, -0.05) is 17.7 Å². The minimum absolute atomic E-state index is 0.0609. The first-order chi connectivity index (χ1) is 10.0. The number of ether oxygens (including phenoxy) is 1. The van der Waals surface area contributed by atoms with Crippen LogP contribution in [-0.2, 0) is 4.74 Å². The summed E-state index contributed by atoms with van der Waals surface area (Å²) in [6.07, 6.45) is -0.130. The Bertz CT molecular complexity index is 550. The van der Waals surface area contributed by atoms with Crippen molar-refractivity contribution < 1.29 is 14.5 Å². The van der Waals surface area contributed by atoms with E-state index >= 15 is 0 Å². The predicted octanol–water partition coefficient (Wildman–Crippen LogP) is 1.31. The maximum absolute atomic E-state index is 12.6. The van der Waals surface area contributed by atoms with Gasteiger partial charge in [0.15, 0.2) is 0 Å². The van der Waals surface area contributed by atoms with Gasteiger partial charge < -0.3 is 15.0 Å². The van der Waals surface area contributed by atoms with Gasteiger partial charge in [-0.15, -0.1) is 0 Å². The molecule has 0 aliphatic carbocycles. The molecule has 1 aromatic carbocycles. The molecule has 0 saturated carbocycles. The molecule has 1 unspecified atom stereocenters. The molecule has 1 fully saturated rings. The maximum Gasteiger partial charge on any atom is 0.283 e. The average molecular weight is 314 g/mol. The molecule has 8 heteroatoms. The first-order valence-electron chi connectivity index (χ1n) is 6.53. The summed E-state index contributed by atoms with van der Waals surface area (Å²) >= 11 is 5.99. The summed E-state index contributed by atoms with van der Waals surface area (Å²) in [4.78, 5) is 24.6. The topological polar surface area (TPSA) is 84.7 Å². The van der Waals surface area contributed by atoms with Crippen LogP contribution in [0.25, 0.3) is 0 Å². The van der Waals surface area contributed by atoms with Crippen LogP contribution in [0.5, 0.6) is 0 Å². The van der Waals surface area contributed by atoms with Crippen LogP contribution < -0.4 is 5.32 Å². The fourth-order valence-corrected chi connectivity index (χ4v) is 2.54. The van der Waals surface area contributed by atoms with Gasteiger partial charge in [-0.05, 0) is 13.1 Å². The first-order valence-corrected chi connectivity index (χ1v) is 6.90. The molecule has 7 nitrogen and oxygen atoms in total. The molecule has 1 atom stereocenters. The number of nitro benzene ring substituents is 1. The van der Waals surface area contributed by atoms with Crippen LogP contribution in [-0.4, -0.2) is 55.1 Å². The third-order valence-corrected chi connectivity index (χ3v) is 3.57. The Morgan fingerprint density at radius 1 is 1.62 bits per heavy atom. The molecule has 1 aliphatic rings. The van der Waals surface area contributed by atoms with Crippen LogP contribution in [0.4, 0.5) is 5.69 Å². The smallest absolute Gasteiger partial charge is 0.283 e. The number of hydrogen-bond acceptors (Lipinski definition) is 5. The Balaban J connectivity index is 2.25. The molecule has 0 aromatic heterocycles. The van der Waals surface area contributed by atoms with Crippen molar-refractivity contribution in [1.29, 1.82) is 0 Å². The molecule has 1 heterocycles. The number of nitrogens with zero attached hydrogens (tertiary/aromatic N) is 2. The SMILES string of the molecule is CNCC1CN(C(=O)c2c(Cl)cccc2[N+](=O)[O-])CCO1. The number of morpholine rings is 1. The molecule has 1 aromatic rings. The summed E-state index contributed by atoms with van der Waals surface area (Å²) in [7, 11) is 1.79. The zero-order valence-electron chi connectivity index (χ0n) is 11.5. The normalized spacial score (nSPS) is 18.6. The van der Waals surface area contributed by atoms with Crippen LogP contribution in [0, 0.1) is 10.1 Å². The lowest BCUT2D eigenvalue weighted by atomic mass is 10.1. The number of likely N-dealkylation sites (N-methyl/N-ethyl adjacent to an activating group) is 1. The van der Waals surface area contributed by atoms with Crippen molar-refractivity contribution in [2.24, 2.45) is 0 Å². The number of halogens is 1. The number of carbonyl (C=O) groups excluding carboxylic acids is 1. The second-order valence-corrected chi connectivity index (χ2v) is 5.10. The van der Waals surface area contributed by atoms with Crippen molar-refractivity contribution in [2.45, 2.75) is 6.10 Å². The summed E-state index contributed by atoms with van der Waals surface area (Å²) in [5, 5.41) is 14.1. The van der Waals surface area contributed by atoms with E-state index in [2.05, 4.69) is 5.32 Å². The van der Waals surface area contributed by atoms with E-state index in [4.69, 9.17) is 16.3 Å². The number of benzene rings is 1. The number of nitro groups is 1. The molecule has 1 saturated heterocycles. The summed E-state index contributed by atoms with van der Waals surface area (Å²) in [5.74, 6) is -0.434. The van der Waals surface area contributed by atoms with Crippen molar-refractivity contribution in [1.82, 2.24) is 10.2 Å². The Morgan fingerprint density at radius 3 is 3.05 bits per heavy atom. The highest BCUT2D eigenvalue weighted by atomic mass is 35.5. The van der Waals surface area contributed by atoms with Crippen LogP contribution in [0.1, 0.15) is 10.4 Å². The van der Waals surface area contributed by atoms with Crippen molar-refractivity contribution in [3.05, 3.63) is 38.9 Å². The Labute approximate surface area is 127 Å². The van der Waals surface area contributed by atoms with E-state index in [1.807, 2.05) is 0 Å². The summed E-state index contributed by atoms with van der Waals surface area (Å²) < 4.78 is 5.52. The number of amides is 1. The molecular weight excluding hydrogens is 298 g/mol. The number of hydrogen-bond donors (Lipinski definition) is 1. The van der Waals surface area contributed by atoms with Gasteiger partial charge in [0.1, 0.15) is 5.56 Å². The number of rotatable bonds is 4. The maximum atomic E-state index is 12.6. The van der Waals surface area contributed by atoms with Crippen LogP contribution in [0.2, 0.25) is 5.02 Å². The Kier molecular flexibility index (Phi) is 5.11. The fourth-order valence-electron chi connectivity index (χ4n) is 2.29. The molecule has 21 heavy (non-hydrogen) atoms. The minimum atomic E-state index is -0.593. The largest absolute Gasteiger partial charge is 0.373 e. The molecule has 0 radical (unpaired) electrons. The lowest BCUT2D eigenvalue weighted by Crippen LogP contribution is -2.48. The van der Waals surface area contributed by atoms with Crippen LogP contribution >= 0.6 is 11.6 Å². The molecule has 114 valence electrons. The minimum Gasteiger partial charge on any atom is -0.373 e. The van der Waals surface area contributed by atoms with Crippen molar-refractivity contribution in [2.75, 3.05) is 33.3 Å². The van der Waals surface area contributed by atoms with Crippen molar-refractivity contribution in [3.63, 3.8) is 0 Å². The molecule has 2 rings (SSSR count). The van der Waals surface area contributed by atoms with E-state index in [-0.39, 0.29) is 22.4 Å². The van der Waals surface area contributed by atoms with Gasteiger partial charge in [0.05, 0.1) is 22.7 Å². The zero-order valence-corrected chi connectivity index (χ0v) is 12.3. The zero-order chi connectivity index (χ0) is 15.4. The summed E-state index contributed by atoms with van der Waals surface area (Å²) in [5.41, 5.74) is -0.335. The van der Waals surface area contributed by atoms with Gasteiger partial charge in [0, 0.05) is 25.7 Å². The van der Waals surface area contributed by atoms with E-state index in [1.54, 1.807) is 11.9 Å². The fraction of sp³-hybridized carbons (Fsp3) is 0.462. The van der Waals surface area contributed by atoms with Gasteiger partial charge in [-0.25, -0.2) is 0 Å². The van der Waals surface area contributed by atoms with E-state index in [0.717, 1.165) is 0 Å². The second-order valence-electron chi connectivity index (χ2n) is 4.69. The Hall–Kier alpha value is -1.70. The van der Waals surface area contributed by atoms with E-state index < -0.39 is 10.8 Å². The lowest BCUT2D eigenvalue weighted by Gasteiger charge is -2.33. The monoisotopic (exact) mass is 313 g/mol. The van der Waals surface area contributed by atoms with E-state index in [9.17, 15) is 14.9 Å². The second kappa shape index (κ2) is 6.84. The summed E-state index contributed by atoms with van der Waals surface area (Å²) in [6.45, 7) is 1.77. The summed E-state index contributed by atoms with van der Waals surface area (Å²) in [6, 6.07) is 4.22. The third kappa shape index (κ3) is 3.49. The third-order valence-electron chi connectivity index (χ3n) is 3.26. The van der Waals surface area contributed by atoms with Gasteiger partial charge in [-0.2, -0.15) is 0 Å². The van der Waals surface area contributed by atoms with Gasteiger partial charge in [0.25, 0.3) is 11.6 Å². The number of nitrogens with one attached hydrogen (secondary N) is 1. The van der Waals surface area contributed by atoms with Crippen molar-refractivity contribution in [3.8, 4) is 0 Å². The Morgan fingerprint density at radius 2 is 2.38 bits per heavy atom. The quantitative estimate of drug-likeness (QED) is 0.669. The first kappa shape index (κ1) is 15.7. The van der Waals surface area contributed by atoms with Crippen molar-refractivity contribution >= 4 is 23.2 Å². The van der Waals surface area contributed by atoms with Gasteiger partial charge >= 0.3 is 0 Å². The molecule has 1 N–H and O–H groups in total. The average Bonchev–Trinajstić information content (AvgIpc) is 2.47. The molecule has 1 aliphatic heterocycles. The highest BCUT2D eigenvalue weighted by molar-refractivity contribution is 6.34. The standard InChI is InChI=1S/C13H16ClN3O4/c1-15-7-9-8-16(5-6-21-9)13(18)12-10(14)3-2-4-11(12)17(19)20/h2-4,9,15H,5-8H2,1H3. The van der Waals surface area contributed by atoms with Crippen LogP contribution in [0.3, 0.4) is 0 Å². The highest BCUT2D eigenvalue weighted by Crippen LogP contribution is 2.28. The predicted molar refractivity (Wildman–Crippen MR) is 77.7 cm³/mol. The molecular formula is C13H16ClN3O4. The van der Waals surface area contributed by atoms with E-state index in [1.165, 1.54) is 18.2 Å². The lowest BCUT2D eigenvalue weighted by molar-refractivity contribution is -0.385. The van der Waals surface area contributed by atoms with Gasteiger partial charge in [0.2, 0.25) is 0 Å². The van der Waals surface area contributed by atoms with Crippen LogP contribution in [0.15, 0.2) is 18.2 Å². The molecule has 1 amide bonds. The number of carbonyl (C=O) groups is 1. The van der Waals surface area contributed by atoms with Gasteiger partial charge in [-0.3, -0.25) is 14.9 Å². The highest BCUT2D eigenvalue weighted by Gasteiger charge is 2.30. The van der Waals surface area contributed by atoms with E-state index in [0.29, 0.717) is 26.2 Å².